The monoisotopic (exact) mass is 518 g/mol. The van der Waals surface area contributed by atoms with Gasteiger partial charge in [0, 0.05) is 29.1 Å². The lowest BCUT2D eigenvalue weighted by Crippen LogP contribution is -2.27. The van der Waals surface area contributed by atoms with Crippen LogP contribution in [0.2, 0.25) is 0 Å². The van der Waals surface area contributed by atoms with Crippen LogP contribution >= 0.6 is 0 Å². The van der Waals surface area contributed by atoms with Crippen LogP contribution in [0.3, 0.4) is 0 Å². The topological polar surface area (TPSA) is 116 Å². The number of aromatic amines is 2. The molecule has 4 heterocycles. The van der Waals surface area contributed by atoms with E-state index in [-0.39, 0.29) is 6.54 Å². The lowest BCUT2D eigenvalue weighted by molar-refractivity contribution is 0.454. The molecule has 190 valence electrons. The summed E-state index contributed by atoms with van der Waals surface area (Å²) < 4.78 is 40.0. The summed E-state index contributed by atoms with van der Waals surface area (Å²) in [5.41, 5.74) is 7.28. The first-order valence-corrected chi connectivity index (χ1v) is 14.2. The summed E-state index contributed by atoms with van der Waals surface area (Å²) >= 11 is 0. The average molecular weight is 519 g/mol. The van der Waals surface area contributed by atoms with Crippen molar-refractivity contribution < 1.29 is 12.8 Å². The number of H-pyrrole nitrogens is 2. The number of fused-ring (bicyclic) bond motifs is 2. The van der Waals surface area contributed by atoms with Gasteiger partial charge in [-0.25, -0.2) is 22.5 Å². The van der Waals surface area contributed by atoms with Crippen molar-refractivity contribution in [2.24, 2.45) is 0 Å². The van der Waals surface area contributed by atoms with E-state index in [1.165, 1.54) is 12.1 Å². The van der Waals surface area contributed by atoms with E-state index in [0.717, 1.165) is 76.8 Å². The van der Waals surface area contributed by atoms with Crippen LogP contribution < -0.4 is 10.0 Å². The molecule has 0 radical (unpaired) electrons. The van der Waals surface area contributed by atoms with E-state index < -0.39 is 15.8 Å². The molecule has 1 aliphatic heterocycles. The van der Waals surface area contributed by atoms with Gasteiger partial charge in [-0.3, -0.25) is 5.10 Å². The lowest BCUT2D eigenvalue weighted by atomic mass is 9.94. The van der Waals surface area contributed by atoms with Crippen molar-refractivity contribution in [1.82, 2.24) is 30.2 Å². The fourth-order valence-electron chi connectivity index (χ4n) is 5.10. The van der Waals surface area contributed by atoms with Crippen LogP contribution in [0.5, 0.6) is 0 Å². The molecule has 0 saturated carbocycles. The zero-order valence-corrected chi connectivity index (χ0v) is 21.1. The van der Waals surface area contributed by atoms with Crippen LogP contribution in [-0.2, 0) is 16.6 Å². The molecule has 1 aliphatic rings. The van der Waals surface area contributed by atoms with Crippen molar-refractivity contribution in [2.45, 2.75) is 25.3 Å². The Hall–Kier alpha value is -3.60. The highest BCUT2D eigenvalue weighted by Gasteiger charge is 2.20. The normalized spacial score (nSPS) is 15.1. The molecule has 0 atom stereocenters. The maximum atomic E-state index is 14.5. The number of hydrogen-bond donors (Lipinski definition) is 4. The molecule has 4 N–H and O–H groups in total. The molecule has 3 aromatic heterocycles. The number of aromatic nitrogens is 4. The Balaban J connectivity index is 1.40. The number of piperidine rings is 1. The highest BCUT2D eigenvalue weighted by molar-refractivity contribution is 7.88. The van der Waals surface area contributed by atoms with E-state index in [0.29, 0.717) is 17.0 Å². The van der Waals surface area contributed by atoms with Crippen molar-refractivity contribution in [2.75, 3.05) is 19.3 Å². The Labute approximate surface area is 213 Å². The van der Waals surface area contributed by atoms with Gasteiger partial charge < -0.3 is 10.3 Å². The minimum Gasteiger partial charge on any atom is -0.353 e. The van der Waals surface area contributed by atoms with Crippen LogP contribution in [0.25, 0.3) is 44.5 Å². The lowest BCUT2D eigenvalue weighted by Gasteiger charge is -2.22. The van der Waals surface area contributed by atoms with E-state index in [2.05, 4.69) is 31.3 Å². The van der Waals surface area contributed by atoms with Gasteiger partial charge in [0.25, 0.3) is 0 Å². The quantitative estimate of drug-likeness (QED) is 0.266. The summed E-state index contributed by atoms with van der Waals surface area (Å²) in [6.07, 6.45) is 3.21. The van der Waals surface area contributed by atoms with Crippen molar-refractivity contribution >= 4 is 32.0 Å². The highest BCUT2D eigenvalue weighted by Crippen LogP contribution is 2.35. The Kier molecular flexibility index (Phi) is 6.02. The molecule has 1 fully saturated rings. The van der Waals surface area contributed by atoms with Crippen molar-refractivity contribution in [1.29, 1.82) is 0 Å². The molecule has 10 heteroatoms. The maximum absolute atomic E-state index is 14.5. The Morgan fingerprint density at radius 1 is 1.05 bits per heavy atom. The minimum absolute atomic E-state index is 0.0161. The number of benzene rings is 2. The van der Waals surface area contributed by atoms with E-state index in [1.807, 2.05) is 30.3 Å². The van der Waals surface area contributed by atoms with Crippen LogP contribution in [0.15, 0.2) is 54.6 Å². The van der Waals surface area contributed by atoms with E-state index in [9.17, 15) is 12.8 Å². The van der Waals surface area contributed by atoms with Crippen molar-refractivity contribution in [3.8, 4) is 22.5 Å². The van der Waals surface area contributed by atoms with Crippen LogP contribution in [0.4, 0.5) is 4.39 Å². The van der Waals surface area contributed by atoms with Gasteiger partial charge in [-0.2, -0.15) is 5.10 Å². The maximum Gasteiger partial charge on any atom is 0.209 e. The van der Waals surface area contributed by atoms with Gasteiger partial charge in [0.1, 0.15) is 17.0 Å². The predicted molar refractivity (Wildman–Crippen MR) is 143 cm³/mol. The molecule has 8 nitrogen and oxygen atoms in total. The van der Waals surface area contributed by atoms with E-state index in [4.69, 9.17) is 4.98 Å². The smallest absolute Gasteiger partial charge is 0.209 e. The van der Waals surface area contributed by atoms with Crippen LogP contribution in [0, 0.1) is 5.82 Å². The minimum atomic E-state index is -3.39. The van der Waals surface area contributed by atoms with Gasteiger partial charge in [-0.05, 0) is 85.1 Å². The third kappa shape index (κ3) is 4.87. The van der Waals surface area contributed by atoms with Gasteiger partial charge in [-0.1, -0.05) is 12.1 Å². The molecular formula is C27H27FN6O2S. The molecule has 1 saturated heterocycles. The Morgan fingerprint density at radius 2 is 1.89 bits per heavy atom. The fraction of sp³-hybridized carbons (Fsp3) is 0.259. The second-order valence-corrected chi connectivity index (χ2v) is 11.5. The number of halogens is 1. The largest absolute Gasteiger partial charge is 0.353 e. The van der Waals surface area contributed by atoms with E-state index in [1.54, 1.807) is 6.07 Å². The summed E-state index contributed by atoms with van der Waals surface area (Å²) in [7, 11) is -3.39. The van der Waals surface area contributed by atoms with Crippen molar-refractivity contribution in [3.05, 3.63) is 71.7 Å². The van der Waals surface area contributed by atoms with Crippen LogP contribution in [0.1, 0.15) is 30.0 Å². The predicted octanol–water partition coefficient (Wildman–Crippen LogP) is 4.43. The number of nitrogens with one attached hydrogen (secondary N) is 4. The van der Waals surface area contributed by atoms with E-state index >= 15 is 0 Å². The zero-order chi connectivity index (χ0) is 25.6. The molecule has 0 unspecified atom stereocenters. The van der Waals surface area contributed by atoms with Gasteiger partial charge in [0.2, 0.25) is 10.0 Å². The summed E-state index contributed by atoms with van der Waals surface area (Å²) in [6.45, 7) is 2.02. The van der Waals surface area contributed by atoms with Gasteiger partial charge in [-0.15, -0.1) is 0 Å². The molecule has 0 spiro atoms. The number of rotatable bonds is 6. The molecule has 2 aromatic carbocycles. The summed E-state index contributed by atoms with van der Waals surface area (Å²) in [6, 6.07) is 16.6. The molecule has 0 bridgehead atoms. The number of nitrogens with zero attached hydrogens (tertiary/aromatic N) is 2. The highest BCUT2D eigenvalue weighted by atomic mass is 32.2. The molecule has 5 aromatic rings. The molecule has 0 aliphatic carbocycles. The third-order valence-electron chi connectivity index (χ3n) is 6.91. The molecule has 6 rings (SSSR count). The summed E-state index contributed by atoms with van der Waals surface area (Å²) in [4.78, 5) is 8.46. The van der Waals surface area contributed by atoms with Gasteiger partial charge in [0.05, 0.1) is 17.5 Å². The second-order valence-electron chi connectivity index (χ2n) is 9.62. The average Bonchev–Trinajstić information content (AvgIpc) is 3.51. The zero-order valence-electron chi connectivity index (χ0n) is 20.3. The first kappa shape index (κ1) is 23.8. The number of sulfonamides is 1. The van der Waals surface area contributed by atoms with Gasteiger partial charge in [0.15, 0.2) is 0 Å². The Morgan fingerprint density at radius 3 is 2.70 bits per heavy atom. The first-order chi connectivity index (χ1) is 17.8. The number of hydrogen-bond acceptors (Lipinski definition) is 5. The van der Waals surface area contributed by atoms with Crippen molar-refractivity contribution in [3.63, 3.8) is 0 Å². The SMILES string of the molecule is CS(=O)(=O)NCc1cc(F)cc(-c2cccc3[nH]c(-c4n[nH]c5ccc(C6CCNCC6)nc45)cc23)c1. The first-order valence-electron chi connectivity index (χ1n) is 12.3. The van der Waals surface area contributed by atoms with Crippen LogP contribution in [-0.4, -0.2) is 47.9 Å². The fourth-order valence-corrected chi connectivity index (χ4v) is 5.53. The van der Waals surface area contributed by atoms with Gasteiger partial charge >= 0.3 is 0 Å². The summed E-state index contributed by atoms with van der Waals surface area (Å²) in [5, 5.41) is 12.0. The summed E-state index contributed by atoms with van der Waals surface area (Å²) in [5.74, 6) is 0.00516. The third-order valence-corrected chi connectivity index (χ3v) is 7.58. The molecular weight excluding hydrogens is 491 g/mol. The second kappa shape index (κ2) is 9.37. The standard InChI is InChI=1S/C27H27FN6O2S/c1-37(35,36)30-15-16-11-18(13-19(28)12-16)20-3-2-4-23-21(20)14-25(31-23)27-26-24(33-34-27)6-5-22(32-26)17-7-9-29-10-8-17/h2-6,11-14,17,29-31H,7-10,15H2,1H3,(H,33,34). The Bertz CT molecular complexity index is 1720. The molecule has 0 amide bonds. The molecule has 37 heavy (non-hydrogen) atoms. The number of pyridine rings is 1.